The molecule has 5 nitrogen and oxygen atoms in total. The van der Waals surface area contributed by atoms with Crippen molar-refractivity contribution in [3.05, 3.63) is 46.9 Å². The van der Waals surface area contributed by atoms with E-state index in [0.717, 1.165) is 48.7 Å². The zero-order valence-corrected chi connectivity index (χ0v) is 12.9. The van der Waals surface area contributed by atoms with Gasteiger partial charge in [-0.05, 0) is 43.9 Å². The topological polar surface area (TPSA) is 55.1 Å². The molecule has 0 unspecified atom stereocenters. The van der Waals surface area contributed by atoms with Crippen molar-refractivity contribution in [1.82, 2.24) is 19.6 Å². The first kappa shape index (κ1) is 13.2. The lowest BCUT2D eigenvalue weighted by molar-refractivity contribution is 0.874. The van der Waals surface area contributed by atoms with Gasteiger partial charge in [0.05, 0.1) is 5.69 Å². The molecule has 0 saturated carbocycles. The van der Waals surface area contributed by atoms with Gasteiger partial charge in [0.2, 0.25) is 0 Å². The molecule has 4 rings (SSSR count). The summed E-state index contributed by atoms with van der Waals surface area (Å²) in [5, 5.41) is 8.15. The molecule has 2 heterocycles. The number of aromatic nitrogens is 4. The zero-order chi connectivity index (χ0) is 15.1. The van der Waals surface area contributed by atoms with Crippen LogP contribution in [-0.4, -0.2) is 19.6 Å². The minimum atomic E-state index is 0.702. The number of benzene rings is 1. The standard InChI is InChI=1S/C17H19N5/c1-3-15-20-17-19-14-9-5-8-13(14)16(22(17)21-15)18-12-7-4-6-11(2)10-12/h4,6-7,10,18H,3,5,8-9H2,1-2H3. The summed E-state index contributed by atoms with van der Waals surface area (Å²) < 4.78 is 1.87. The molecule has 0 saturated heterocycles. The molecule has 3 aromatic rings. The SMILES string of the molecule is CCc1nc2nc3c(c(Nc4cccc(C)c4)n2n1)CCC3. The van der Waals surface area contributed by atoms with E-state index in [9.17, 15) is 0 Å². The van der Waals surface area contributed by atoms with Gasteiger partial charge in [-0.1, -0.05) is 19.1 Å². The highest BCUT2D eigenvalue weighted by atomic mass is 15.4. The molecular formula is C17H19N5. The first-order chi connectivity index (χ1) is 10.7. The third-order valence-corrected chi connectivity index (χ3v) is 4.15. The summed E-state index contributed by atoms with van der Waals surface area (Å²) in [6.07, 6.45) is 4.05. The molecule has 1 N–H and O–H groups in total. The van der Waals surface area contributed by atoms with Crippen LogP contribution in [0.5, 0.6) is 0 Å². The Kier molecular flexibility index (Phi) is 3.06. The van der Waals surface area contributed by atoms with E-state index >= 15 is 0 Å². The number of anilines is 2. The summed E-state index contributed by atoms with van der Waals surface area (Å²) in [6.45, 7) is 4.17. The van der Waals surface area contributed by atoms with Crippen molar-refractivity contribution in [1.29, 1.82) is 0 Å². The third-order valence-electron chi connectivity index (χ3n) is 4.15. The Morgan fingerprint density at radius 2 is 2.14 bits per heavy atom. The quantitative estimate of drug-likeness (QED) is 0.805. The highest BCUT2D eigenvalue weighted by Gasteiger charge is 2.22. The Bertz CT molecular complexity index is 850. The van der Waals surface area contributed by atoms with E-state index in [1.807, 2.05) is 4.52 Å². The second-order valence-electron chi connectivity index (χ2n) is 5.83. The summed E-state index contributed by atoms with van der Waals surface area (Å²) in [7, 11) is 0. The van der Waals surface area contributed by atoms with Crippen LogP contribution in [0.1, 0.15) is 36.0 Å². The summed E-state index contributed by atoms with van der Waals surface area (Å²) in [6, 6.07) is 8.39. The maximum absolute atomic E-state index is 4.69. The van der Waals surface area contributed by atoms with Gasteiger partial charge in [0.25, 0.3) is 5.78 Å². The van der Waals surface area contributed by atoms with Crippen LogP contribution in [0.15, 0.2) is 24.3 Å². The molecule has 22 heavy (non-hydrogen) atoms. The second-order valence-corrected chi connectivity index (χ2v) is 5.83. The third kappa shape index (κ3) is 2.13. The molecule has 1 aliphatic rings. The van der Waals surface area contributed by atoms with Crippen LogP contribution >= 0.6 is 0 Å². The van der Waals surface area contributed by atoms with Gasteiger partial charge in [-0.15, -0.1) is 5.10 Å². The van der Waals surface area contributed by atoms with E-state index in [1.54, 1.807) is 0 Å². The van der Waals surface area contributed by atoms with Crippen LogP contribution < -0.4 is 5.32 Å². The zero-order valence-electron chi connectivity index (χ0n) is 12.9. The lowest BCUT2D eigenvalue weighted by atomic mass is 10.2. The van der Waals surface area contributed by atoms with E-state index in [0.29, 0.717) is 5.78 Å². The van der Waals surface area contributed by atoms with Crippen molar-refractivity contribution in [2.45, 2.75) is 39.5 Å². The van der Waals surface area contributed by atoms with E-state index in [4.69, 9.17) is 4.98 Å². The van der Waals surface area contributed by atoms with Crippen LogP contribution in [0.25, 0.3) is 5.78 Å². The maximum atomic E-state index is 4.69. The first-order valence-electron chi connectivity index (χ1n) is 7.85. The smallest absolute Gasteiger partial charge is 0.254 e. The highest BCUT2D eigenvalue weighted by Crippen LogP contribution is 2.30. The van der Waals surface area contributed by atoms with E-state index in [1.165, 1.54) is 11.1 Å². The van der Waals surface area contributed by atoms with E-state index in [2.05, 4.69) is 53.5 Å². The van der Waals surface area contributed by atoms with Gasteiger partial charge in [0.1, 0.15) is 5.82 Å². The number of aryl methyl sites for hydroxylation is 3. The average molecular weight is 293 g/mol. The van der Waals surface area contributed by atoms with Gasteiger partial charge in [-0.2, -0.15) is 9.50 Å². The molecule has 0 spiro atoms. The van der Waals surface area contributed by atoms with Gasteiger partial charge < -0.3 is 5.32 Å². The predicted octanol–water partition coefficient (Wildman–Crippen LogP) is 3.23. The molecule has 0 fully saturated rings. The van der Waals surface area contributed by atoms with Crippen molar-refractivity contribution < 1.29 is 0 Å². The Labute approximate surface area is 129 Å². The largest absolute Gasteiger partial charge is 0.340 e. The monoisotopic (exact) mass is 293 g/mol. The second kappa shape index (κ2) is 5.09. The van der Waals surface area contributed by atoms with Gasteiger partial charge >= 0.3 is 0 Å². The Morgan fingerprint density at radius 3 is 2.95 bits per heavy atom. The molecule has 5 heteroatoms. The first-order valence-corrected chi connectivity index (χ1v) is 7.85. The van der Waals surface area contributed by atoms with Crippen molar-refractivity contribution >= 4 is 17.3 Å². The number of fused-ring (bicyclic) bond motifs is 2. The van der Waals surface area contributed by atoms with Crippen molar-refractivity contribution in [3.8, 4) is 0 Å². The molecular weight excluding hydrogens is 274 g/mol. The number of nitrogens with zero attached hydrogens (tertiary/aromatic N) is 4. The molecule has 0 radical (unpaired) electrons. The normalized spacial score (nSPS) is 13.5. The minimum absolute atomic E-state index is 0.702. The molecule has 0 amide bonds. The van der Waals surface area contributed by atoms with Crippen LogP contribution in [0.2, 0.25) is 0 Å². The van der Waals surface area contributed by atoms with Crippen LogP contribution in [0.4, 0.5) is 11.5 Å². The summed E-state index contributed by atoms with van der Waals surface area (Å²) >= 11 is 0. The van der Waals surface area contributed by atoms with Gasteiger partial charge in [0.15, 0.2) is 5.82 Å². The predicted molar refractivity (Wildman–Crippen MR) is 86.6 cm³/mol. The lowest BCUT2D eigenvalue weighted by Gasteiger charge is -2.12. The van der Waals surface area contributed by atoms with Gasteiger partial charge in [0, 0.05) is 17.7 Å². The Balaban J connectivity index is 1.89. The summed E-state index contributed by atoms with van der Waals surface area (Å²) in [5.74, 6) is 2.56. The van der Waals surface area contributed by atoms with Crippen molar-refractivity contribution in [2.75, 3.05) is 5.32 Å². The van der Waals surface area contributed by atoms with Crippen LogP contribution in [0, 0.1) is 6.92 Å². The molecule has 0 aliphatic heterocycles. The molecule has 112 valence electrons. The molecule has 2 aromatic heterocycles. The number of nitrogens with one attached hydrogen (secondary N) is 1. The van der Waals surface area contributed by atoms with Crippen molar-refractivity contribution in [3.63, 3.8) is 0 Å². The Morgan fingerprint density at radius 1 is 1.23 bits per heavy atom. The van der Waals surface area contributed by atoms with Crippen molar-refractivity contribution in [2.24, 2.45) is 0 Å². The fraction of sp³-hybridized carbons (Fsp3) is 0.353. The summed E-state index contributed by atoms with van der Waals surface area (Å²) in [5.41, 5.74) is 4.76. The number of rotatable bonds is 3. The van der Waals surface area contributed by atoms with Gasteiger partial charge in [-0.25, -0.2) is 4.98 Å². The van der Waals surface area contributed by atoms with E-state index in [-0.39, 0.29) is 0 Å². The summed E-state index contributed by atoms with van der Waals surface area (Å²) in [4.78, 5) is 9.22. The Hall–Kier alpha value is -2.43. The minimum Gasteiger partial charge on any atom is -0.340 e. The molecule has 1 aromatic carbocycles. The van der Waals surface area contributed by atoms with E-state index < -0.39 is 0 Å². The number of hydrogen-bond acceptors (Lipinski definition) is 4. The molecule has 1 aliphatic carbocycles. The molecule has 0 atom stereocenters. The van der Waals surface area contributed by atoms with Crippen LogP contribution in [-0.2, 0) is 19.3 Å². The number of hydrogen-bond donors (Lipinski definition) is 1. The molecule has 0 bridgehead atoms. The highest BCUT2D eigenvalue weighted by molar-refractivity contribution is 5.64. The maximum Gasteiger partial charge on any atom is 0.254 e. The fourth-order valence-corrected chi connectivity index (χ4v) is 3.06. The average Bonchev–Trinajstić information content (AvgIpc) is 3.13. The van der Waals surface area contributed by atoms with Crippen LogP contribution in [0.3, 0.4) is 0 Å². The fourth-order valence-electron chi connectivity index (χ4n) is 3.06. The lowest BCUT2D eigenvalue weighted by Crippen LogP contribution is -2.07. The van der Waals surface area contributed by atoms with Gasteiger partial charge in [-0.3, -0.25) is 0 Å².